The van der Waals surface area contributed by atoms with Gasteiger partial charge in [0.25, 0.3) is 5.91 Å². The van der Waals surface area contributed by atoms with Crippen molar-refractivity contribution < 1.29 is 18.7 Å². The van der Waals surface area contributed by atoms with Gasteiger partial charge in [-0.2, -0.15) is 0 Å². The Bertz CT molecular complexity index is 1220. The van der Waals surface area contributed by atoms with Gasteiger partial charge >= 0.3 is 11.7 Å². The van der Waals surface area contributed by atoms with Crippen molar-refractivity contribution >= 4 is 34.3 Å². The molecule has 1 aliphatic rings. The van der Waals surface area contributed by atoms with Crippen LogP contribution in [0, 0.1) is 0 Å². The summed E-state index contributed by atoms with van der Waals surface area (Å²) in [5, 5.41) is 3.36. The van der Waals surface area contributed by atoms with E-state index in [9.17, 15) is 14.4 Å². The van der Waals surface area contributed by atoms with Gasteiger partial charge in [0.15, 0.2) is 0 Å². The minimum atomic E-state index is -0.692. The zero-order valence-corrected chi connectivity index (χ0v) is 19.0. The Hall–Kier alpha value is -3.81. The van der Waals surface area contributed by atoms with Crippen molar-refractivity contribution in [2.45, 2.75) is 26.4 Å². The lowest BCUT2D eigenvalue weighted by Gasteiger charge is -2.36. The van der Waals surface area contributed by atoms with Gasteiger partial charge in [0.05, 0.1) is 0 Å². The highest BCUT2D eigenvalue weighted by atomic mass is 16.6. The van der Waals surface area contributed by atoms with Crippen LogP contribution in [0.3, 0.4) is 0 Å². The molecule has 1 N–H and O–H groups in total. The Balaban J connectivity index is 1.47. The number of amides is 2. The van der Waals surface area contributed by atoms with E-state index in [2.05, 4.69) is 10.2 Å². The van der Waals surface area contributed by atoms with Crippen LogP contribution in [0.2, 0.25) is 0 Å². The number of anilines is 2. The smallest absolute Gasteiger partial charge is 0.410 e. The number of carbonyl (C=O) groups excluding carboxylic acids is 2. The molecule has 1 aliphatic heterocycles. The quantitative estimate of drug-likeness (QED) is 0.605. The molecule has 8 nitrogen and oxygen atoms in total. The van der Waals surface area contributed by atoms with Crippen molar-refractivity contribution in [2.75, 3.05) is 36.4 Å². The molecular formula is C25H27N3O5. The number of nitrogens with zero attached hydrogens (tertiary/aromatic N) is 2. The normalized spacial score (nSPS) is 14.3. The molecule has 1 fully saturated rings. The Morgan fingerprint density at radius 2 is 1.67 bits per heavy atom. The first kappa shape index (κ1) is 22.4. The van der Waals surface area contributed by atoms with Gasteiger partial charge in [0.1, 0.15) is 16.7 Å². The second-order valence-corrected chi connectivity index (χ2v) is 8.94. The van der Waals surface area contributed by atoms with Crippen LogP contribution >= 0.6 is 0 Å². The average Bonchev–Trinajstić information content (AvgIpc) is 2.78. The first-order chi connectivity index (χ1) is 15.7. The predicted molar refractivity (Wildman–Crippen MR) is 127 cm³/mol. The van der Waals surface area contributed by atoms with Crippen molar-refractivity contribution in [1.82, 2.24) is 4.90 Å². The third-order valence-electron chi connectivity index (χ3n) is 5.29. The Morgan fingerprint density at radius 1 is 0.970 bits per heavy atom. The molecule has 0 saturated carbocycles. The highest BCUT2D eigenvalue weighted by Crippen LogP contribution is 2.24. The molecular weight excluding hydrogens is 422 g/mol. The molecule has 172 valence electrons. The summed E-state index contributed by atoms with van der Waals surface area (Å²) >= 11 is 0. The lowest BCUT2D eigenvalue weighted by molar-refractivity contribution is 0.0240. The maximum atomic E-state index is 12.5. The fourth-order valence-electron chi connectivity index (χ4n) is 3.65. The zero-order chi connectivity index (χ0) is 23.6. The molecule has 1 aromatic heterocycles. The number of benzene rings is 2. The number of nitrogens with one attached hydrogen (secondary N) is 1. The summed E-state index contributed by atoms with van der Waals surface area (Å²) in [5.41, 5.74) is 0.621. The summed E-state index contributed by atoms with van der Waals surface area (Å²) in [5.74, 6) is -0.515. The fourth-order valence-corrected chi connectivity index (χ4v) is 3.65. The predicted octanol–water partition coefficient (Wildman–Crippen LogP) is 4.10. The van der Waals surface area contributed by atoms with Gasteiger partial charge in [-0.3, -0.25) is 4.79 Å². The number of ether oxygens (including phenoxy) is 1. The first-order valence-corrected chi connectivity index (χ1v) is 10.9. The lowest BCUT2D eigenvalue weighted by atomic mass is 10.1. The van der Waals surface area contributed by atoms with Crippen molar-refractivity contribution in [2.24, 2.45) is 0 Å². The Kier molecular flexibility index (Phi) is 6.09. The Morgan fingerprint density at radius 3 is 2.33 bits per heavy atom. The molecule has 4 rings (SSSR count). The summed E-state index contributed by atoms with van der Waals surface area (Å²) in [6.45, 7) is 7.88. The molecule has 0 radical (unpaired) electrons. The number of fused-ring (bicyclic) bond motifs is 1. The summed E-state index contributed by atoms with van der Waals surface area (Å²) in [6, 6.07) is 16.0. The zero-order valence-electron chi connectivity index (χ0n) is 19.0. The van der Waals surface area contributed by atoms with E-state index in [0.29, 0.717) is 42.8 Å². The van der Waals surface area contributed by atoms with Crippen LogP contribution in [0.1, 0.15) is 31.1 Å². The largest absolute Gasteiger partial charge is 0.444 e. The summed E-state index contributed by atoms with van der Waals surface area (Å²) in [6.07, 6.45) is -0.312. The number of hydrogen-bond donors (Lipinski definition) is 1. The molecule has 2 amide bonds. The second kappa shape index (κ2) is 8.97. The van der Waals surface area contributed by atoms with Gasteiger partial charge < -0.3 is 24.3 Å². The fraction of sp³-hybridized carbons (Fsp3) is 0.320. The first-order valence-electron chi connectivity index (χ1n) is 10.9. The average molecular weight is 450 g/mol. The van der Waals surface area contributed by atoms with Gasteiger partial charge in [0, 0.05) is 49.0 Å². The maximum absolute atomic E-state index is 12.5. The van der Waals surface area contributed by atoms with Crippen LogP contribution in [0.25, 0.3) is 11.0 Å². The standard InChI is InChI=1S/C25H27N3O5/c1-25(2,3)33-24(31)28-13-11-27(12-14-28)19-10-9-17-15-20(23(30)32-21(17)16-19)22(29)26-18-7-5-4-6-8-18/h4-10,15-16H,11-14H2,1-3H3,(H,26,29). The van der Waals surface area contributed by atoms with Crippen molar-refractivity contribution in [3.63, 3.8) is 0 Å². The van der Waals surface area contributed by atoms with Crippen molar-refractivity contribution in [3.05, 3.63) is 70.6 Å². The Labute approximate surface area is 191 Å². The van der Waals surface area contributed by atoms with Gasteiger partial charge in [-0.15, -0.1) is 0 Å². The number of carbonyl (C=O) groups is 2. The van der Waals surface area contributed by atoms with Crippen molar-refractivity contribution in [3.8, 4) is 0 Å². The van der Waals surface area contributed by atoms with E-state index in [1.165, 1.54) is 0 Å². The van der Waals surface area contributed by atoms with Crippen LogP contribution in [0.15, 0.2) is 63.8 Å². The number of para-hydroxylation sites is 1. The van der Waals surface area contributed by atoms with E-state index >= 15 is 0 Å². The van der Waals surface area contributed by atoms with E-state index in [-0.39, 0.29) is 11.7 Å². The van der Waals surface area contributed by atoms with Gasteiger partial charge in [-0.1, -0.05) is 18.2 Å². The number of rotatable bonds is 3. The van der Waals surface area contributed by atoms with Gasteiger partial charge in [-0.25, -0.2) is 9.59 Å². The molecule has 0 bridgehead atoms. The molecule has 0 atom stereocenters. The summed E-state index contributed by atoms with van der Waals surface area (Å²) in [7, 11) is 0. The monoisotopic (exact) mass is 449 g/mol. The molecule has 0 spiro atoms. The highest BCUT2D eigenvalue weighted by molar-refractivity contribution is 6.05. The number of hydrogen-bond acceptors (Lipinski definition) is 6. The second-order valence-electron chi connectivity index (χ2n) is 8.94. The molecule has 8 heteroatoms. The molecule has 3 aromatic rings. The van der Waals surface area contributed by atoms with Crippen LogP contribution < -0.4 is 15.8 Å². The van der Waals surface area contributed by atoms with Crippen LogP contribution in [-0.4, -0.2) is 48.7 Å². The van der Waals surface area contributed by atoms with Crippen molar-refractivity contribution in [1.29, 1.82) is 0 Å². The maximum Gasteiger partial charge on any atom is 0.410 e. The van der Waals surface area contributed by atoms with E-state index in [4.69, 9.17) is 9.15 Å². The van der Waals surface area contributed by atoms with E-state index in [1.54, 1.807) is 41.3 Å². The third-order valence-corrected chi connectivity index (χ3v) is 5.29. The van der Waals surface area contributed by atoms with E-state index in [1.807, 2.05) is 39.0 Å². The summed E-state index contributed by atoms with van der Waals surface area (Å²) < 4.78 is 10.9. The van der Waals surface area contributed by atoms with E-state index in [0.717, 1.165) is 5.69 Å². The minimum Gasteiger partial charge on any atom is -0.444 e. The molecule has 0 aliphatic carbocycles. The topological polar surface area (TPSA) is 92.1 Å². The van der Waals surface area contributed by atoms with Gasteiger partial charge in [-0.05, 0) is 51.1 Å². The SMILES string of the molecule is CC(C)(C)OC(=O)N1CCN(c2ccc3cc(C(=O)Nc4ccccc4)c(=O)oc3c2)CC1. The third kappa shape index (κ3) is 5.34. The molecule has 33 heavy (non-hydrogen) atoms. The lowest BCUT2D eigenvalue weighted by Crippen LogP contribution is -2.50. The molecule has 1 saturated heterocycles. The minimum absolute atomic E-state index is 0.0509. The van der Waals surface area contributed by atoms with Gasteiger partial charge in [0.2, 0.25) is 0 Å². The highest BCUT2D eigenvalue weighted by Gasteiger charge is 2.26. The van der Waals surface area contributed by atoms with Crippen LogP contribution in [-0.2, 0) is 4.74 Å². The molecule has 2 aromatic carbocycles. The molecule has 2 heterocycles. The van der Waals surface area contributed by atoms with E-state index < -0.39 is 17.1 Å². The molecule has 0 unspecified atom stereocenters. The van der Waals surface area contributed by atoms with Crippen LogP contribution in [0.5, 0.6) is 0 Å². The van der Waals surface area contributed by atoms with Crippen LogP contribution in [0.4, 0.5) is 16.2 Å². The number of piperazine rings is 1. The summed E-state index contributed by atoms with van der Waals surface area (Å²) in [4.78, 5) is 41.1.